The molecule has 2 N–H and O–H groups in total. The van der Waals surface area contributed by atoms with E-state index in [9.17, 15) is 18.0 Å². The number of alkyl halides is 3. The van der Waals surface area contributed by atoms with Crippen LogP contribution in [0.1, 0.15) is 6.42 Å². The van der Waals surface area contributed by atoms with Crippen molar-refractivity contribution in [1.29, 1.82) is 0 Å². The van der Waals surface area contributed by atoms with Crippen molar-refractivity contribution in [2.24, 2.45) is 0 Å². The Labute approximate surface area is 107 Å². The van der Waals surface area contributed by atoms with Gasteiger partial charge >= 0.3 is 6.18 Å². The molecule has 1 aromatic rings. The number of carbonyl (C=O) groups excluding carboxylic acids is 1. The minimum atomic E-state index is -4.30. The van der Waals surface area contributed by atoms with Crippen molar-refractivity contribution in [3.05, 3.63) is 23.9 Å². The van der Waals surface area contributed by atoms with Crippen molar-refractivity contribution in [2.75, 3.05) is 18.8 Å². The first-order valence-electron chi connectivity index (χ1n) is 5.69. The topological polar surface area (TPSA) is 64.2 Å². The summed E-state index contributed by atoms with van der Waals surface area (Å²) in [6.07, 6.45) is -1.87. The maximum Gasteiger partial charge on any atom is 0.412 e. The van der Waals surface area contributed by atoms with Crippen LogP contribution in [0.2, 0.25) is 0 Å². The van der Waals surface area contributed by atoms with Gasteiger partial charge in [0.1, 0.15) is 12.4 Å². The molecule has 2 heterocycles. The molecule has 0 atom stereocenters. The standard InChI is InChI=1S/C11H13F3N4O/c12-11(13,14)8-1-4-17(5-2-8)10(19)7-18-6-3-9(15)16-18/h1,3,6H,2,4-5,7H2,(H2,15,16). The molecule has 1 aliphatic heterocycles. The van der Waals surface area contributed by atoms with E-state index in [2.05, 4.69) is 5.10 Å². The fourth-order valence-electron chi connectivity index (χ4n) is 1.86. The number of nitrogens with zero attached hydrogens (tertiary/aromatic N) is 3. The van der Waals surface area contributed by atoms with Crippen LogP contribution in [0.3, 0.4) is 0 Å². The molecule has 1 amide bonds. The van der Waals surface area contributed by atoms with Crippen LogP contribution in [0, 0.1) is 0 Å². The molecule has 0 unspecified atom stereocenters. The summed E-state index contributed by atoms with van der Waals surface area (Å²) in [5, 5.41) is 3.85. The molecule has 1 aromatic heterocycles. The number of halogens is 3. The first-order valence-corrected chi connectivity index (χ1v) is 5.69. The quantitative estimate of drug-likeness (QED) is 0.824. The predicted molar refractivity (Wildman–Crippen MR) is 62.0 cm³/mol. The van der Waals surface area contributed by atoms with Crippen LogP contribution in [-0.4, -0.2) is 39.9 Å². The van der Waals surface area contributed by atoms with Gasteiger partial charge in [0.05, 0.1) is 0 Å². The Kier molecular flexibility index (Phi) is 3.50. The molecule has 1 aliphatic rings. The number of nitrogen functional groups attached to an aromatic ring is 1. The van der Waals surface area contributed by atoms with E-state index >= 15 is 0 Å². The molecule has 0 bridgehead atoms. The van der Waals surface area contributed by atoms with Gasteiger partial charge in [-0.15, -0.1) is 0 Å². The molecule has 0 spiro atoms. The number of hydrogen-bond acceptors (Lipinski definition) is 3. The molecule has 0 radical (unpaired) electrons. The lowest BCUT2D eigenvalue weighted by Gasteiger charge is -2.27. The lowest BCUT2D eigenvalue weighted by Crippen LogP contribution is -2.38. The number of rotatable bonds is 2. The minimum Gasteiger partial charge on any atom is -0.382 e. The van der Waals surface area contributed by atoms with E-state index in [4.69, 9.17) is 5.73 Å². The van der Waals surface area contributed by atoms with E-state index in [1.807, 2.05) is 0 Å². The maximum atomic E-state index is 12.4. The fourth-order valence-corrected chi connectivity index (χ4v) is 1.86. The van der Waals surface area contributed by atoms with Crippen LogP contribution >= 0.6 is 0 Å². The largest absolute Gasteiger partial charge is 0.412 e. The summed E-state index contributed by atoms with van der Waals surface area (Å²) in [6, 6.07) is 1.55. The number of aromatic nitrogens is 2. The fraction of sp³-hybridized carbons (Fsp3) is 0.455. The number of amides is 1. The van der Waals surface area contributed by atoms with E-state index in [1.54, 1.807) is 12.3 Å². The van der Waals surface area contributed by atoms with Crippen molar-refractivity contribution in [1.82, 2.24) is 14.7 Å². The van der Waals surface area contributed by atoms with Crippen molar-refractivity contribution in [3.63, 3.8) is 0 Å². The Morgan fingerprint density at radius 1 is 1.47 bits per heavy atom. The average molecular weight is 274 g/mol. The highest BCUT2D eigenvalue weighted by Gasteiger charge is 2.35. The van der Waals surface area contributed by atoms with Gasteiger partial charge in [-0.2, -0.15) is 18.3 Å². The van der Waals surface area contributed by atoms with Crippen molar-refractivity contribution in [2.45, 2.75) is 19.1 Å². The van der Waals surface area contributed by atoms with Gasteiger partial charge in [0.15, 0.2) is 0 Å². The van der Waals surface area contributed by atoms with E-state index in [0.717, 1.165) is 6.08 Å². The van der Waals surface area contributed by atoms with Crippen LogP contribution in [0.15, 0.2) is 23.9 Å². The van der Waals surface area contributed by atoms with Gasteiger partial charge in [-0.25, -0.2) is 0 Å². The maximum absolute atomic E-state index is 12.4. The van der Waals surface area contributed by atoms with Gasteiger partial charge in [0, 0.05) is 24.9 Å². The zero-order valence-corrected chi connectivity index (χ0v) is 10.0. The molecule has 0 aromatic carbocycles. The van der Waals surface area contributed by atoms with Crippen molar-refractivity contribution < 1.29 is 18.0 Å². The summed E-state index contributed by atoms with van der Waals surface area (Å²) in [5.41, 5.74) is 4.84. The third-order valence-electron chi connectivity index (χ3n) is 2.88. The number of anilines is 1. The lowest BCUT2D eigenvalue weighted by atomic mass is 10.1. The van der Waals surface area contributed by atoms with Crippen molar-refractivity contribution in [3.8, 4) is 0 Å². The molecule has 0 aliphatic carbocycles. The molecule has 5 nitrogen and oxygen atoms in total. The highest BCUT2D eigenvalue weighted by atomic mass is 19.4. The summed E-state index contributed by atoms with van der Waals surface area (Å²) in [4.78, 5) is 13.2. The Balaban J connectivity index is 1.94. The zero-order valence-electron chi connectivity index (χ0n) is 10.0. The van der Waals surface area contributed by atoms with E-state index in [-0.39, 0.29) is 32.0 Å². The third-order valence-corrected chi connectivity index (χ3v) is 2.88. The Hall–Kier alpha value is -1.99. The lowest BCUT2D eigenvalue weighted by molar-refractivity contribution is -0.133. The number of nitrogens with two attached hydrogens (primary N) is 1. The summed E-state index contributed by atoms with van der Waals surface area (Å²) in [5.74, 6) is 0.0197. The summed E-state index contributed by atoms with van der Waals surface area (Å²) in [6.45, 7) is 0.0255. The molecule has 0 saturated carbocycles. The highest BCUT2D eigenvalue weighted by Crippen LogP contribution is 2.30. The smallest absolute Gasteiger partial charge is 0.382 e. The Bertz CT molecular complexity index is 506. The molecule has 2 rings (SSSR count). The molecule has 0 saturated heterocycles. The minimum absolute atomic E-state index is 0.0214. The zero-order chi connectivity index (χ0) is 14.0. The second-order valence-corrected chi connectivity index (χ2v) is 4.26. The molecule has 0 fully saturated rings. The van der Waals surface area contributed by atoms with Crippen molar-refractivity contribution >= 4 is 11.7 Å². The first kappa shape index (κ1) is 13.4. The summed E-state index contributed by atoms with van der Waals surface area (Å²) >= 11 is 0. The van der Waals surface area contributed by atoms with Gasteiger partial charge in [-0.05, 0) is 12.5 Å². The van der Waals surface area contributed by atoms with Crippen LogP contribution < -0.4 is 5.73 Å². The Morgan fingerprint density at radius 3 is 2.68 bits per heavy atom. The predicted octanol–water partition coefficient (Wildman–Crippen LogP) is 1.19. The van der Waals surface area contributed by atoms with Gasteiger partial charge in [0.2, 0.25) is 5.91 Å². The molecule has 8 heteroatoms. The van der Waals surface area contributed by atoms with Crippen LogP contribution in [0.25, 0.3) is 0 Å². The molecular formula is C11H13F3N4O. The van der Waals surface area contributed by atoms with Crippen LogP contribution in [0.5, 0.6) is 0 Å². The van der Waals surface area contributed by atoms with Crippen LogP contribution in [0.4, 0.5) is 19.0 Å². The van der Waals surface area contributed by atoms with E-state index < -0.39 is 11.7 Å². The van der Waals surface area contributed by atoms with Gasteiger partial charge in [-0.3, -0.25) is 9.48 Å². The number of carbonyl (C=O) groups is 1. The second-order valence-electron chi connectivity index (χ2n) is 4.26. The monoisotopic (exact) mass is 274 g/mol. The highest BCUT2D eigenvalue weighted by molar-refractivity contribution is 5.76. The normalized spacial score (nSPS) is 16.4. The number of hydrogen-bond donors (Lipinski definition) is 1. The first-order chi connectivity index (χ1) is 8.86. The van der Waals surface area contributed by atoms with E-state index in [1.165, 1.54) is 9.58 Å². The summed E-state index contributed by atoms with van der Waals surface area (Å²) < 4.78 is 38.6. The van der Waals surface area contributed by atoms with Gasteiger partial charge in [-0.1, -0.05) is 6.08 Å². The second kappa shape index (κ2) is 4.94. The molecule has 19 heavy (non-hydrogen) atoms. The SMILES string of the molecule is Nc1ccn(CC(=O)N2CC=C(C(F)(F)F)CC2)n1. The van der Waals surface area contributed by atoms with Gasteiger partial charge in [0.25, 0.3) is 0 Å². The van der Waals surface area contributed by atoms with Gasteiger partial charge < -0.3 is 10.6 Å². The Morgan fingerprint density at radius 2 is 2.21 bits per heavy atom. The third kappa shape index (κ3) is 3.27. The molecular weight excluding hydrogens is 261 g/mol. The van der Waals surface area contributed by atoms with E-state index in [0.29, 0.717) is 5.82 Å². The average Bonchev–Trinajstić information content (AvgIpc) is 2.74. The molecule has 104 valence electrons. The van der Waals surface area contributed by atoms with Crippen LogP contribution in [-0.2, 0) is 11.3 Å². The summed E-state index contributed by atoms with van der Waals surface area (Å²) in [7, 11) is 0.